The first-order valence-electron chi connectivity index (χ1n) is 10.8. The van der Waals surface area contributed by atoms with E-state index >= 15 is 0 Å². The van der Waals surface area contributed by atoms with Crippen LogP contribution in [0.15, 0.2) is 60.3 Å². The Morgan fingerprint density at radius 1 is 0.970 bits per heavy atom. The highest BCUT2D eigenvalue weighted by Gasteiger charge is 2.34. The Hall–Kier alpha value is -3.58. The second kappa shape index (κ2) is 9.11. The predicted molar refractivity (Wildman–Crippen MR) is 134 cm³/mol. The summed E-state index contributed by atoms with van der Waals surface area (Å²) in [5.41, 5.74) is 4.72. The van der Waals surface area contributed by atoms with E-state index in [4.69, 9.17) is 21.7 Å². The molecule has 3 aromatic rings. The third-order valence-electron chi connectivity index (χ3n) is 5.81. The fourth-order valence-corrected chi connectivity index (χ4v) is 4.32. The summed E-state index contributed by atoms with van der Waals surface area (Å²) in [4.78, 5) is 16.1. The van der Waals surface area contributed by atoms with Gasteiger partial charge in [0.1, 0.15) is 22.9 Å². The van der Waals surface area contributed by atoms with Gasteiger partial charge in [0.05, 0.1) is 7.11 Å². The van der Waals surface area contributed by atoms with Crippen LogP contribution >= 0.6 is 12.2 Å². The highest BCUT2D eigenvalue weighted by molar-refractivity contribution is 7.80. The number of hydrogen-bond acceptors (Lipinski definition) is 4. The largest absolute Gasteiger partial charge is 0.497 e. The Balaban J connectivity index is 1.59. The van der Waals surface area contributed by atoms with Crippen molar-refractivity contribution in [2.24, 2.45) is 0 Å². The molecule has 0 spiro atoms. The lowest BCUT2D eigenvalue weighted by Gasteiger charge is -2.13. The number of ether oxygens (including phenoxy) is 2. The Morgan fingerprint density at radius 2 is 1.55 bits per heavy atom. The molecule has 0 unspecified atom stereocenters. The van der Waals surface area contributed by atoms with Crippen LogP contribution in [0.2, 0.25) is 0 Å². The molecule has 0 bridgehead atoms. The number of benzene rings is 2. The zero-order valence-corrected chi connectivity index (χ0v) is 20.3. The lowest BCUT2D eigenvalue weighted by molar-refractivity contribution is -0.122. The minimum Gasteiger partial charge on any atom is -0.497 e. The van der Waals surface area contributed by atoms with E-state index in [1.807, 2.05) is 68.6 Å². The molecule has 1 aliphatic heterocycles. The first-order chi connectivity index (χ1) is 15.8. The second-order valence-electron chi connectivity index (χ2n) is 7.85. The Morgan fingerprint density at radius 3 is 2.09 bits per heavy atom. The van der Waals surface area contributed by atoms with Gasteiger partial charge in [-0.25, -0.2) is 0 Å². The van der Waals surface area contributed by atoms with Crippen molar-refractivity contribution in [2.75, 3.05) is 20.7 Å². The Bertz CT molecular complexity index is 1230. The molecule has 1 aromatic heterocycles. The summed E-state index contributed by atoms with van der Waals surface area (Å²) in [7, 11) is 3.47. The molecular weight excluding hydrogens is 434 g/mol. The van der Waals surface area contributed by atoms with E-state index in [-0.39, 0.29) is 5.91 Å². The van der Waals surface area contributed by atoms with Gasteiger partial charge in [-0.1, -0.05) is 0 Å². The summed E-state index contributed by atoms with van der Waals surface area (Å²) in [5, 5.41) is 0.537. The quantitative estimate of drug-likeness (QED) is 0.368. The van der Waals surface area contributed by atoms with Crippen molar-refractivity contribution in [3.63, 3.8) is 0 Å². The first kappa shape index (κ1) is 22.6. The summed E-state index contributed by atoms with van der Waals surface area (Å²) in [5.74, 6) is 2.22. The van der Waals surface area contributed by atoms with E-state index in [9.17, 15) is 4.79 Å². The topological polar surface area (TPSA) is 46.9 Å². The summed E-state index contributed by atoms with van der Waals surface area (Å²) >= 11 is 5.41. The van der Waals surface area contributed by atoms with E-state index in [0.717, 1.165) is 39.9 Å². The van der Waals surface area contributed by atoms with Gasteiger partial charge >= 0.3 is 0 Å². The van der Waals surface area contributed by atoms with Crippen molar-refractivity contribution in [1.29, 1.82) is 0 Å². The summed E-state index contributed by atoms with van der Waals surface area (Å²) < 4.78 is 13.3. The van der Waals surface area contributed by atoms with Gasteiger partial charge in [0.2, 0.25) is 0 Å². The average molecular weight is 462 g/mol. The summed E-state index contributed by atoms with van der Waals surface area (Å²) in [6, 6.07) is 17.5. The number of rotatable bonds is 6. The number of amides is 1. The zero-order valence-electron chi connectivity index (χ0n) is 19.5. The molecule has 7 heteroatoms. The molecule has 6 nitrogen and oxygen atoms in total. The van der Waals surface area contributed by atoms with Gasteiger partial charge in [-0.2, -0.15) is 0 Å². The van der Waals surface area contributed by atoms with Crippen LogP contribution in [0, 0.1) is 13.8 Å². The minimum absolute atomic E-state index is 0.0603. The molecule has 0 aliphatic carbocycles. The summed E-state index contributed by atoms with van der Waals surface area (Å²) in [6.45, 7) is 6.59. The molecule has 1 saturated heterocycles. The van der Waals surface area contributed by atoms with Crippen molar-refractivity contribution < 1.29 is 14.3 Å². The number of aryl methyl sites for hydroxylation is 1. The molecule has 1 aliphatic rings. The van der Waals surface area contributed by atoms with Crippen LogP contribution in [0.3, 0.4) is 0 Å². The van der Waals surface area contributed by atoms with Crippen molar-refractivity contribution >= 4 is 29.3 Å². The first-order valence-corrected chi connectivity index (χ1v) is 11.2. The van der Waals surface area contributed by atoms with Crippen LogP contribution in [0.1, 0.15) is 23.9 Å². The number of thiocarbonyl (C=S) groups is 1. The minimum atomic E-state index is -0.0603. The lowest BCUT2D eigenvalue weighted by atomic mass is 10.2. The normalized spacial score (nSPS) is 15.0. The molecule has 4 rings (SSSR count). The van der Waals surface area contributed by atoms with E-state index in [1.165, 1.54) is 0 Å². The molecule has 33 heavy (non-hydrogen) atoms. The lowest BCUT2D eigenvalue weighted by Crippen LogP contribution is -2.30. The van der Waals surface area contributed by atoms with Gasteiger partial charge in [0, 0.05) is 30.7 Å². The summed E-state index contributed by atoms with van der Waals surface area (Å²) in [6.07, 6.45) is 1.92. The molecule has 0 saturated carbocycles. The van der Waals surface area contributed by atoms with Crippen molar-refractivity contribution in [2.45, 2.75) is 20.8 Å². The maximum Gasteiger partial charge on any atom is 0.276 e. The predicted octanol–water partition coefficient (Wildman–Crippen LogP) is 5.31. The van der Waals surface area contributed by atoms with Crippen LogP contribution < -0.4 is 9.47 Å². The van der Waals surface area contributed by atoms with E-state index < -0.39 is 0 Å². The number of carbonyl (C=O) groups excluding carboxylic acids is 1. The molecule has 1 amide bonds. The van der Waals surface area contributed by atoms with Crippen LogP contribution in [-0.4, -0.2) is 46.1 Å². The van der Waals surface area contributed by atoms with Crippen molar-refractivity contribution in [1.82, 2.24) is 14.4 Å². The molecule has 0 radical (unpaired) electrons. The monoisotopic (exact) mass is 461 g/mol. The highest BCUT2D eigenvalue weighted by Crippen LogP contribution is 2.29. The number of hydrogen-bond donors (Lipinski definition) is 0. The fraction of sp³-hybridized carbons (Fsp3) is 0.231. The Labute approximate surface area is 199 Å². The van der Waals surface area contributed by atoms with Crippen LogP contribution in [0.25, 0.3) is 11.8 Å². The zero-order chi connectivity index (χ0) is 23.7. The highest BCUT2D eigenvalue weighted by atomic mass is 32.1. The van der Waals surface area contributed by atoms with Crippen LogP contribution in [0.5, 0.6) is 17.2 Å². The number of likely N-dealkylation sites (N-methyl/N-ethyl adjacent to an activating group) is 2. The van der Waals surface area contributed by atoms with Gasteiger partial charge in [0.15, 0.2) is 5.11 Å². The number of aromatic nitrogens is 1. The molecule has 2 aromatic carbocycles. The maximum atomic E-state index is 12.8. The van der Waals surface area contributed by atoms with E-state index in [2.05, 4.69) is 24.5 Å². The van der Waals surface area contributed by atoms with Crippen molar-refractivity contribution in [3.05, 3.63) is 77.2 Å². The molecule has 0 atom stereocenters. The second-order valence-corrected chi connectivity index (χ2v) is 8.22. The number of carbonyl (C=O) groups is 1. The maximum absolute atomic E-state index is 12.8. The smallest absolute Gasteiger partial charge is 0.276 e. The third-order valence-corrected chi connectivity index (χ3v) is 6.31. The van der Waals surface area contributed by atoms with Gasteiger partial charge in [-0.15, -0.1) is 0 Å². The Kier molecular flexibility index (Phi) is 6.24. The van der Waals surface area contributed by atoms with Gasteiger partial charge in [0.25, 0.3) is 5.91 Å². The fourth-order valence-electron chi connectivity index (χ4n) is 4.01. The van der Waals surface area contributed by atoms with Crippen LogP contribution in [-0.2, 0) is 4.79 Å². The SMILES string of the molecule is CCN1C(=O)/C(=C/c2cc(C)n(-c3ccc(Oc4ccc(OC)cc4)cc3)c2C)N(C)C1=S. The van der Waals surface area contributed by atoms with Gasteiger partial charge in [-0.3, -0.25) is 9.69 Å². The molecule has 2 heterocycles. The van der Waals surface area contributed by atoms with E-state index in [1.54, 1.807) is 16.9 Å². The molecular formula is C26H27N3O3S. The third kappa shape index (κ3) is 4.24. The van der Waals surface area contributed by atoms with Gasteiger partial charge in [-0.05, 0) is 99.2 Å². The standard InChI is InChI=1S/C26H27N3O3S/c1-6-28-25(30)24(27(4)26(28)33)16-19-15-17(2)29(18(19)3)20-7-9-22(10-8-20)32-23-13-11-21(31-5)12-14-23/h7-16H,6H2,1-5H3/b24-16-. The van der Waals surface area contributed by atoms with E-state index in [0.29, 0.717) is 17.4 Å². The number of methoxy groups -OCH3 is 1. The van der Waals surface area contributed by atoms with Crippen LogP contribution in [0.4, 0.5) is 0 Å². The van der Waals surface area contributed by atoms with Crippen molar-refractivity contribution in [3.8, 4) is 22.9 Å². The molecule has 0 N–H and O–H groups in total. The number of nitrogens with zero attached hydrogens (tertiary/aromatic N) is 3. The van der Waals surface area contributed by atoms with Gasteiger partial charge < -0.3 is 18.9 Å². The molecule has 170 valence electrons. The average Bonchev–Trinajstić information content (AvgIpc) is 3.21. The molecule has 1 fully saturated rings.